The van der Waals surface area contributed by atoms with Crippen molar-refractivity contribution < 1.29 is 4.79 Å². The number of rotatable bonds is 4. The first-order chi connectivity index (χ1) is 10.7. The summed E-state index contributed by atoms with van der Waals surface area (Å²) in [6.45, 7) is 6.45. The zero-order valence-electron chi connectivity index (χ0n) is 13.3. The van der Waals surface area contributed by atoms with E-state index >= 15 is 0 Å². The molecule has 6 nitrogen and oxygen atoms in total. The number of carbonyl (C=O) groups is 1. The first-order valence-electron chi connectivity index (χ1n) is 8.32. The second-order valence-electron chi connectivity index (χ2n) is 6.03. The van der Waals surface area contributed by atoms with Crippen molar-refractivity contribution in [3.05, 3.63) is 11.8 Å². The minimum Gasteiger partial charge on any atom is -0.376 e. The molecule has 0 aliphatic carbocycles. The number of likely N-dealkylation sites (tertiary alicyclic amines) is 1. The molecule has 6 heteroatoms. The van der Waals surface area contributed by atoms with E-state index in [0.29, 0.717) is 19.6 Å². The molecule has 2 aliphatic rings. The highest BCUT2D eigenvalue weighted by molar-refractivity contribution is 5.97. The van der Waals surface area contributed by atoms with Gasteiger partial charge in [0.05, 0.1) is 0 Å². The van der Waals surface area contributed by atoms with E-state index in [0.717, 1.165) is 45.6 Å². The molecule has 0 radical (unpaired) electrons. The Morgan fingerprint density at radius 1 is 1.05 bits per heavy atom. The lowest BCUT2D eigenvalue weighted by molar-refractivity contribution is -0.128. The van der Waals surface area contributed by atoms with Crippen LogP contribution in [-0.4, -0.2) is 73.0 Å². The molecule has 122 valence electrons. The van der Waals surface area contributed by atoms with Gasteiger partial charge in [-0.3, -0.25) is 9.69 Å². The van der Waals surface area contributed by atoms with E-state index in [2.05, 4.69) is 15.9 Å². The van der Waals surface area contributed by atoms with Gasteiger partial charge in [-0.2, -0.15) is 5.26 Å². The molecule has 22 heavy (non-hydrogen) atoms. The van der Waals surface area contributed by atoms with E-state index in [1.54, 1.807) is 11.1 Å². The van der Waals surface area contributed by atoms with Gasteiger partial charge in [0.2, 0.25) is 0 Å². The smallest absolute Gasteiger partial charge is 0.266 e. The molecule has 0 bridgehead atoms. The Morgan fingerprint density at radius 2 is 1.68 bits per heavy atom. The molecule has 2 aliphatic heterocycles. The van der Waals surface area contributed by atoms with Gasteiger partial charge in [0.25, 0.3) is 5.91 Å². The molecule has 2 N–H and O–H groups in total. The minimum atomic E-state index is -0.126. The van der Waals surface area contributed by atoms with Gasteiger partial charge < -0.3 is 15.5 Å². The molecule has 2 fully saturated rings. The van der Waals surface area contributed by atoms with Crippen LogP contribution in [0, 0.1) is 11.3 Å². The largest absolute Gasteiger partial charge is 0.376 e. The third kappa shape index (κ3) is 4.72. The summed E-state index contributed by atoms with van der Waals surface area (Å²) >= 11 is 0. The summed E-state index contributed by atoms with van der Waals surface area (Å²) in [4.78, 5) is 18.7. The fraction of sp³-hybridized carbons (Fsp3) is 0.750. The van der Waals surface area contributed by atoms with Crippen LogP contribution in [0.3, 0.4) is 0 Å². The number of piperazine rings is 1. The molecular weight excluding hydrogens is 278 g/mol. The van der Waals surface area contributed by atoms with Crippen LogP contribution in [0.5, 0.6) is 0 Å². The highest BCUT2D eigenvalue weighted by atomic mass is 16.2. The Labute approximate surface area is 133 Å². The lowest BCUT2D eigenvalue weighted by atomic mass is 10.2. The molecule has 1 amide bonds. The second-order valence-corrected chi connectivity index (χ2v) is 6.03. The third-order valence-corrected chi connectivity index (χ3v) is 4.41. The molecule has 2 rings (SSSR count). The van der Waals surface area contributed by atoms with Gasteiger partial charge in [0.15, 0.2) is 0 Å². The molecule has 0 atom stereocenters. The number of nitrogens with zero attached hydrogens (tertiary/aromatic N) is 4. The second kappa shape index (κ2) is 8.76. The highest BCUT2D eigenvalue weighted by Gasteiger charge is 2.23. The molecule has 2 saturated heterocycles. The summed E-state index contributed by atoms with van der Waals surface area (Å²) in [6, 6.07) is 2.10. The molecule has 0 aromatic heterocycles. The average molecular weight is 305 g/mol. The first kappa shape index (κ1) is 16.8. The summed E-state index contributed by atoms with van der Waals surface area (Å²) in [5, 5.41) is 9.34. The van der Waals surface area contributed by atoms with E-state index in [4.69, 9.17) is 5.73 Å². The summed E-state index contributed by atoms with van der Waals surface area (Å²) in [6.07, 6.45) is 6.54. The molecule has 0 spiro atoms. The van der Waals surface area contributed by atoms with Gasteiger partial charge in [0.1, 0.15) is 11.6 Å². The van der Waals surface area contributed by atoms with Crippen LogP contribution in [0.4, 0.5) is 0 Å². The number of amides is 1. The Morgan fingerprint density at radius 3 is 2.23 bits per heavy atom. The highest BCUT2D eigenvalue weighted by Crippen LogP contribution is 2.13. The fourth-order valence-corrected chi connectivity index (χ4v) is 3.07. The van der Waals surface area contributed by atoms with Crippen LogP contribution in [0.25, 0.3) is 0 Å². The van der Waals surface area contributed by atoms with Crippen molar-refractivity contribution >= 4 is 5.91 Å². The minimum absolute atomic E-state index is 0.126. The van der Waals surface area contributed by atoms with Gasteiger partial charge in [-0.05, 0) is 12.8 Å². The van der Waals surface area contributed by atoms with Crippen LogP contribution in [0.1, 0.15) is 25.7 Å². The summed E-state index contributed by atoms with van der Waals surface area (Å²) in [5.74, 6) is -0.126. The quantitative estimate of drug-likeness (QED) is 0.600. The molecule has 2 heterocycles. The van der Waals surface area contributed by atoms with E-state index in [9.17, 15) is 10.1 Å². The Kier molecular flexibility index (Phi) is 6.69. The average Bonchev–Trinajstić information content (AvgIpc) is 2.81. The Hall–Kier alpha value is -1.58. The van der Waals surface area contributed by atoms with Gasteiger partial charge in [-0.25, -0.2) is 0 Å². The molecule has 0 unspecified atom stereocenters. The topological polar surface area (TPSA) is 76.6 Å². The summed E-state index contributed by atoms with van der Waals surface area (Å²) in [7, 11) is 0. The van der Waals surface area contributed by atoms with Crippen LogP contribution >= 0.6 is 0 Å². The van der Waals surface area contributed by atoms with Crippen molar-refractivity contribution in [2.45, 2.75) is 25.7 Å². The van der Waals surface area contributed by atoms with Crippen molar-refractivity contribution in [1.29, 1.82) is 5.26 Å². The number of hydrogen-bond acceptors (Lipinski definition) is 5. The predicted molar refractivity (Wildman–Crippen MR) is 85.8 cm³/mol. The standard InChI is InChI=1S/C16H27N5O/c17-5-8-19-9-11-21(12-10-19)16(22)15(13-18)14-20-6-3-1-2-4-7-20/h14H,1-12,17H2/b15-14-. The Bertz CT molecular complexity index is 426. The van der Waals surface area contributed by atoms with Gasteiger partial charge in [-0.1, -0.05) is 12.8 Å². The fourth-order valence-electron chi connectivity index (χ4n) is 3.07. The van der Waals surface area contributed by atoms with Gasteiger partial charge in [-0.15, -0.1) is 0 Å². The number of nitriles is 1. The van der Waals surface area contributed by atoms with Crippen molar-refractivity contribution in [3.63, 3.8) is 0 Å². The lowest BCUT2D eigenvalue weighted by Gasteiger charge is -2.34. The predicted octanol–water partition coefficient (Wildman–Crippen LogP) is 0.373. The van der Waals surface area contributed by atoms with Crippen molar-refractivity contribution in [1.82, 2.24) is 14.7 Å². The molecular formula is C16H27N5O. The van der Waals surface area contributed by atoms with E-state index in [-0.39, 0.29) is 11.5 Å². The normalized spacial score (nSPS) is 21.4. The maximum Gasteiger partial charge on any atom is 0.266 e. The van der Waals surface area contributed by atoms with Gasteiger partial charge in [0, 0.05) is 58.6 Å². The van der Waals surface area contributed by atoms with E-state index < -0.39 is 0 Å². The third-order valence-electron chi connectivity index (χ3n) is 4.41. The van der Waals surface area contributed by atoms with Crippen molar-refractivity contribution in [2.24, 2.45) is 5.73 Å². The van der Waals surface area contributed by atoms with Crippen molar-refractivity contribution in [2.75, 3.05) is 52.4 Å². The van der Waals surface area contributed by atoms with Gasteiger partial charge >= 0.3 is 0 Å². The summed E-state index contributed by atoms with van der Waals surface area (Å²) < 4.78 is 0. The van der Waals surface area contributed by atoms with Crippen LogP contribution in [-0.2, 0) is 4.79 Å². The number of carbonyl (C=O) groups excluding carboxylic acids is 1. The van der Waals surface area contributed by atoms with Crippen molar-refractivity contribution in [3.8, 4) is 6.07 Å². The van der Waals surface area contributed by atoms with Crippen LogP contribution in [0.2, 0.25) is 0 Å². The number of hydrogen-bond donors (Lipinski definition) is 1. The van der Waals surface area contributed by atoms with Crippen LogP contribution < -0.4 is 5.73 Å². The van der Waals surface area contributed by atoms with E-state index in [1.807, 2.05) is 0 Å². The monoisotopic (exact) mass is 305 g/mol. The first-order valence-corrected chi connectivity index (χ1v) is 8.32. The molecule has 0 aromatic rings. The maximum absolute atomic E-state index is 12.5. The molecule has 0 aromatic carbocycles. The number of nitrogens with two attached hydrogens (primary N) is 1. The van der Waals surface area contributed by atoms with Crippen LogP contribution in [0.15, 0.2) is 11.8 Å². The zero-order chi connectivity index (χ0) is 15.8. The van der Waals surface area contributed by atoms with E-state index in [1.165, 1.54) is 12.8 Å². The lowest BCUT2D eigenvalue weighted by Crippen LogP contribution is -2.50. The SMILES string of the molecule is N#C/C(=C/N1CCCCCC1)C(=O)N1CCN(CCN)CC1. The molecule has 0 saturated carbocycles. The Balaban J connectivity index is 1.93. The summed E-state index contributed by atoms with van der Waals surface area (Å²) in [5.41, 5.74) is 5.83. The maximum atomic E-state index is 12.5. The zero-order valence-corrected chi connectivity index (χ0v) is 13.3.